The fourth-order valence-corrected chi connectivity index (χ4v) is 1.92. The van der Waals surface area contributed by atoms with Gasteiger partial charge in [0, 0.05) is 6.04 Å². The van der Waals surface area contributed by atoms with Crippen LogP contribution < -0.4 is 10.6 Å². The summed E-state index contributed by atoms with van der Waals surface area (Å²) in [5.74, 6) is 1.33. The van der Waals surface area contributed by atoms with Gasteiger partial charge in [0.05, 0.1) is 12.2 Å². The van der Waals surface area contributed by atoms with Gasteiger partial charge < -0.3 is 15.1 Å². The Balaban J connectivity index is 1.77. The van der Waals surface area contributed by atoms with Gasteiger partial charge in [-0.3, -0.25) is 0 Å². The van der Waals surface area contributed by atoms with Crippen LogP contribution in [0.2, 0.25) is 0 Å². The van der Waals surface area contributed by atoms with Crippen molar-refractivity contribution < 1.29 is 9.21 Å². The number of urea groups is 1. The number of hydrogen-bond donors (Lipinski definition) is 2. The fourth-order valence-electron chi connectivity index (χ4n) is 1.92. The monoisotopic (exact) mass is 249 g/mol. The molecule has 1 aliphatic carbocycles. The van der Waals surface area contributed by atoms with E-state index in [0.29, 0.717) is 12.4 Å². The van der Waals surface area contributed by atoms with E-state index < -0.39 is 0 Å². The molecule has 1 unspecified atom stereocenters. The highest BCUT2D eigenvalue weighted by molar-refractivity contribution is 5.74. The maximum absolute atomic E-state index is 11.7. The topological polar surface area (TPSA) is 67.2 Å². The van der Waals surface area contributed by atoms with Gasteiger partial charge in [0.15, 0.2) is 0 Å². The van der Waals surface area contributed by atoms with E-state index in [9.17, 15) is 4.79 Å². The Kier molecular flexibility index (Phi) is 4.02. The van der Waals surface area contributed by atoms with Gasteiger partial charge >= 0.3 is 6.03 Å². The second-order valence-corrected chi connectivity index (χ2v) is 4.54. The molecule has 2 N–H and O–H groups in total. The van der Waals surface area contributed by atoms with Crippen LogP contribution >= 0.6 is 0 Å². The van der Waals surface area contributed by atoms with E-state index in [4.69, 9.17) is 4.42 Å². The predicted octanol–water partition coefficient (Wildman–Crippen LogP) is 2.20. The molecule has 0 spiro atoms. The molecule has 98 valence electrons. The first-order valence-corrected chi connectivity index (χ1v) is 6.29. The van der Waals surface area contributed by atoms with Gasteiger partial charge in [-0.05, 0) is 33.1 Å². The van der Waals surface area contributed by atoms with Crippen molar-refractivity contribution >= 4 is 6.03 Å². The smallest absolute Gasteiger partial charge is 0.315 e. The summed E-state index contributed by atoms with van der Waals surface area (Å²) < 4.78 is 5.39. The quantitative estimate of drug-likeness (QED) is 0.807. The lowest BCUT2D eigenvalue weighted by Crippen LogP contribution is -2.41. The number of nitrogens with one attached hydrogen (secondary N) is 2. The minimum Gasteiger partial charge on any atom is -0.444 e. The van der Waals surface area contributed by atoms with E-state index >= 15 is 0 Å². The largest absolute Gasteiger partial charge is 0.444 e. The third-order valence-corrected chi connectivity index (χ3v) is 3.04. The minimum atomic E-state index is -0.181. The van der Waals surface area contributed by atoms with Crippen molar-refractivity contribution in [1.82, 2.24) is 15.6 Å². The zero-order valence-electron chi connectivity index (χ0n) is 10.8. The molecule has 1 aliphatic rings. The van der Waals surface area contributed by atoms with Gasteiger partial charge in [0.25, 0.3) is 0 Å². The average Bonchev–Trinajstić information content (AvgIpc) is 2.68. The Morgan fingerprint density at radius 2 is 2.39 bits per heavy atom. The van der Waals surface area contributed by atoms with Gasteiger partial charge in [0.1, 0.15) is 5.76 Å². The number of rotatable bonds is 3. The normalized spacial score (nSPS) is 18.7. The number of hydrogen-bond acceptors (Lipinski definition) is 3. The fraction of sp³-hybridized carbons (Fsp3) is 0.538. The lowest BCUT2D eigenvalue weighted by atomic mass is 10.0. The Hall–Kier alpha value is -1.78. The zero-order valence-corrected chi connectivity index (χ0v) is 10.8. The number of carbonyl (C=O) groups is 1. The summed E-state index contributed by atoms with van der Waals surface area (Å²) in [5.41, 5.74) is 0.863. The van der Waals surface area contributed by atoms with Crippen molar-refractivity contribution in [3.05, 3.63) is 29.5 Å². The Morgan fingerprint density at radius 1 is 1.56 bits per heavy atom. The van der Waals surface area contributed by atoms with Crippen molar-refractivity contribution in [3.8, 4) is 0 Å². The van der Waals surface area contributed by atoms with Crippen LogP contribution in [-0.2, 0) is 6.54 Å². The minimum absolute atomic E-state index is 0.145. The van der Waals surface area contributed by atoms with E-state index in [1.54, 1.807) is 0 Å². The van der Waals surface area contributed by atoms with Gasteiger partial charge in [-0.25, -0.2) is 9.78 Å². The van der Waals surface area contributed by atoms with Crippen LogP contribution in [0.25, 0.3) is 0 Å². The molecule has 1 atom stereocenters. The number of oxazole rings is 1. The Morgan fingerprint density at radius 3 is 3.00 bits per heavy atom. The molecule has 0 bridgehead atoms. The highest BCUT2D eigenvalue weighted by Gasteiger charge is 2.12. The molecule has 18 heavy (non-hydrogen) atoms. The van der Waals surface area contributed by atoms with Crippen molar-refractivity contribution in [2.45, 2.75) is 45.7 Å². The van der Waals surface area contributed by atoms with Gasteiger partial charge in [-0.15, -0.1) is 0 Å². The van der Waals surface area contributed by atoms with Crippen LogP contribution in [0.3, 0.4) is 0 Å². The van der Waals surface area contributed by atoms with E-state index in [1.807, 2.05) is 19.9 Å². The lowest BCUT2D eigenvalue weighted by Gasteiger charge is -2.17. The van der Waals surface area contributed by atoms with Crippen LogP contribution in [0, 0.1) is 13.8 Å². The predicted molar refractivity (Wildman–Crippen MR) is 68.1 cm³/mol. The molecule has 1 aromatic rings. The maximum atomic E-state index is 11.7. The molecule has 2 rings (SSSR count). The summed E-state index contributed by atoms with van der Waals surface area (Å²) >= 11 is 0. The molecule has 5 nitrogen and oxygen atoms in total. The van der Waals surface area contributed by atoms with E-state index in [2.05, 4.69) is 21.7 Å². The molecule has 0 aromatic carbocycles. The van der Waals surface area contributed by atoms with E-state index in [0.717, 1.165) is 30.7 Å². The molecule has 0 radical (unpaired) electrons. The Labute approximate surface area is 107 Å². The molecule has 0 saturated heterocycles. The maximum Gasteiger partial charge on any atom is 0.315 e. The highest BCUT2D eigenvalue weighted by Crippen LogP contribution is 2.10. The summed E-state index contributed by atoms with van der Waals surface area (Å²) in [6.45, 7) is 4.06. The number of allylic oxidation sites excluding steroid dienone is 1. The molecule has 2 amide bonds. The molecule has 0 saturated carbocycles. The van der Waals surface area contributed by atoms with Crippen LogP contribution in [0.5, 0.6) is 0 Å². The molecule has 0 fully saturated rings. The summed E-state index contributed by atoms with van der Waals surface area (Å²) in [6.07, 6.45) is 7.38. The lowest BCUT2D eigenvalue weighted by molar-refractivity contribution is 0.236. The first kappa shape index (κ1) is 12.7. The SMILES string of the molecule is Cc1nc(CNC(=O)NC2C=CCCC2)oc1C. The second-order valence-electron chi connectivity index (χ2n) is 4.54. The van der Waals surface area contributed by atoms with Crippen molar-refractivity contribution in [3.63, 3.8) is 0 Å². The molecule has 1 heterocycles. The Bertz CT molecular complexity index is 432. The number of aryl methyl sites for hydroxylation is 2. The first-order valence-electron chi connectivity index (χ1n) is 6.29. The number of nitrogens with zero attached hydrogens (tertiary/aromatic N) is 1. The molecular formula is C13H19N3O2. The third kappa shape index (κ3) is 3.35. The summed E-state index contributed by atoms with van der Waals surface area (Å²) in [6, 6.07) is -0.0353. The van der Waals surface area contributed by atoms with E-state index in [1.165, 1.54) is 0 Å². The van der Waals surface area contributed by atoms with E-state index in [-0.39, 0.29) is 12.1 Å². The van der Waals surface area contributed by atoms with Crippen LogP contribution in [0.1, 0.15) is 36.6 Å². The van der Waals surface area contributed by atoms with Gasteiger partial charge in [-0.2, -0.15) is 0 Å². The molecule has 5 heteroatoms. The molecule has 1 aromatic heterocycles. The van der Waals surface area contributed by atoms with Crippen LogP contribution in [0.4, 0.5) is 4.79 Å². The van der Waals surface area contributed by atoms with Gasteiger partial charge in [0.2, 0.25) is 5.89 Å². The second kappa shape index (κ2) is 5.71. The van der Waals surface area contributed by atoms with Crippen LogP contribution in [0.15, 0.2) is 16.6 Å². The number of aromatic nitrogens is 1. The number of carbonyl (C=O) groups excluding carboxylic acids is 1. The summed E-state index contributed by atoms with van der Waals surface area (Å²) in [7, 11) is 0. The van der Waals surface area contributed by atoms with Gasteiger partial charge in [-0.1, -0.05) is 12.2 Å². The van der Waals surface area contributed by atoms with Crippen molar-refractivity contribution in [1.29, 1.82) is 0 Å². The molecular weight excluding hydrogens is 230 g/mol. The summed E-state index contributed by atoms with van der Waals surface area (Å²) in [4.78, 5) is 15.9. The summed E-state index contributed by atoms with van der Waals surface area (Å²) in [5, 5.41) is 5.65. The van der Waals surface area contributed by atoms with Crippen molar-refractivity contribution in [2.24, 2.45) is 0 Å². The standard InChI is InChI=1S/C13H19N3O2/c1-9-10(2)18-12(15-9)8-14-13(17)16-11-6-4-3-5-7-11/h4,6,11H,3,5,7-8H2,1-2H3,(H2,14,16,17). The van der Waals surface area contributed by atoms with Crippen molar-refractivity contribution in [2.75, 3.05) is 0 Å². The first-order chi connectivity index (χ1) is 8.65. The number of amides is 2. The zero-order chi connectivity index (χ0) is 13.0. The average molecular weight is 249 g/mol. The third-order valence-electron chi connectivity index (χ3n) is 3.04. The van der Waals surface area contributed by atoms with Crippen LogP contribution in [-0.4, -0.2) is 17.1 Å². The highest BCUT2D eigenvalue weighted by atomic mass is 16.4. The molecule has 0 aliphatic heterocycles.